The summed E-state index contributed by atoms with van der Waals surface area (Å²) in [5.41, 5.74) is 1.55. The Morgan fingerprint density at radius 1 is 0.968 bits per heavy atom. The Bertz CT molecular complexity index is 1440. The predicted molar refractivity (Wildman–Crippen MR) is 115 cm³/mol. The molecule has 0 unspecified atom stereocenters. The second kappa shape index (κ2) is 6.57. The maximum absolute atomic E-state index is 12.9. The van der Waals surface area contributed by atoms with Crippen LogP contribution >= 0.6 is 0 Å². The summed E-state index contributed by atoms with van der Waals surface area (Å²) in [7, 11) is 0. The summed E-state index contributed by atoms with van der Waals surface area (Å²) in [6, 6.07) is 16.6. The number of fused-ring (bicyclic) bond motifs is 5. The van der Waals surface area contributed by atoms with Crippen LogP contribution in [0.1, 0.15) is 18.2 Å². The van der Waals surface area contributed by atoms with Gasteiger partial charge >= 0.3 is 5.97 Å². The third-order valence-electron chi connectivity index (χ3n) is 6.50. The van der Waals surface area contributed by atoms with Gasteiger partial charge in [-0.3, -0.25) is 9.59 Å². The van der Waals surface area contributed by atoms with Gasteiger partial charge in [0.25, 0.3) is 5.56 Å². The molecule has 0 spiro atoms. The molecule has 4 aromatic rings. The summed E-state index contributed by atoms with van der Waals surface area (Å²) in [6.45, 7) is 0. The third-order valence-corrected chi connectivity index (χ3v) is 6.50. The van der Waals surface area contributed by atoms with Crippen LogP contribution in [0.25, 0.3) is 27.8 Å². The van der Waals surface area contributed by atoms with Crippen LogP contribution in [-0.4, -0.2) is 30.7 Å². The maximum atomic E-state index is 12.9. The number of hydrogen-bond acceptors (Lipinski definition) is 5. The fourth-order valence-electron chi connectivity index (χ4n) is 5.16. The number of carboxylic acid groups (broad SMARTS) is 1. The van der Waals surface area contributed by atoms with E-state index in [1.807, 2.05) is 60.7 Å². The zero-order valence-corrected chi connectivity index (χ0v) is 16.4. The molecule has 1 saturated carbocycles. The van der Waals surface area contributed by atoms with Crippen molar-refractivity contribution in [2.75, 3.05) is 0 Å². The van der Waals surface area contributed by atoms with E-state index in [0.717, 1.165) is 6.42 Å². The summed E-state index contributed by atoms with van der Waals surface area (Å²) >= 11 is 0. The first kappa shape index (κ1) is 17.9. The number of para-hydroxylation sites is 1. The number of aromatic nitrogens is 4. The summed E-state index contributed by atoms with van der Waals surface area (Å²) in [6.07, 6.45) is 4.88. The van der Waals surface area contributed by atoms with E-state index in [0.29, 0.717) is 27.9 Å². The van der Waals surface area contributed by atoms with Crippen molar-refractivity contribution in [2.24, 2.45) is 17.8 Å². The van der Waals surface area contributed by atoms with Crippen molar-refractivity contribution in [1.82, 2.24) is 19.6 Å². The average molecular weight is 410 g/mol. The lowest BCUT2D eigenvalue weighted by Crippen LogP contribution is -2.29. The van der Waals surface area contributed by atoms with Crippen molar-refractivity contribution in [3.63, 3.8) is 0 Å². The first-order valence-electron chi connectivity index (χ1n) is 10.3. The lowest BCUT2D eigenvalue weighted by atomic mass is 9.82. The highest BCUT2D eigenvalue weighted by Crippen LogP contribution is 2.52. The molecule has 0 amide bonds. The molecule has 0 radical (unpaired) electrons. The molecule has 6 rings (SSSR count). The van der Waals surface area contributed by atoms with Crippen LogP contribution in [0.2, 0.25) is 0 Å². The molecule has 2 bridgehead atoms. The predicted octanol–water partition coefficient (Wildman–Crippen LogP) is 3.30. The zero-order valence-electron chi connectivity index (χ0n) is 16.4. The molecule has 7 heteroatoms. The minimum atomic E-state index is -0.831. The summed E-state index contributed by atoms with van der Waals surface area (Å²) < 4.78 is 1.60. The number of aliphatic carboxylic acids is 1. The van der Waals surface area contributed by atoms with Gasteiger partial charge in [-0.25, -0.2) is 4.98 Å². The molecule has 7 nitrogen and oxygen atoms in total. The summed E-state index contributed by atoms with van der Waals surface area (Å²) in [4.78, 5) is 34.3. The van der Waals surface area contributed by atoms with Crippen LogP contribution in [-0.2, 0) is 4.79 Å². The first-order chi connectivity index (χ1) is 15.1. The fraction of sp³-hybridized carbons (Fsp3) is 0.208. The number of nitrogens with zero attached hydrogens (tertiary/aromatic N) is 4. The van der Waals surface area contributed by atoms with E-state index in [9.17, 15) is 14.7 Å². The molecular formula is C24H18N4O3. The van der Waals surface area contributed by atoms with E-state index < -0.39 is 17.4 Å². The van der Waals surface area contributed by atoms with E-state index in [1.165, 1.54) is 0 Å². The van der Waals surface area contributed by atoms with E-state index in [2.05, 4.69) is 16.2 Å². The van der Waals surface area contributed by atoms with Crippen molar-refractivity contribution in [3.05, 3.63) is 82.9 Å². The Hall–Kier alpha value is -3.87. The van der Waals surface area contributed by atoms with E-state index in [4.69, 9.17) is 4.98 Å². The van der Waals surface area contributed by atoms with Crippen LogP contribution < -0.4 is 5.56 Å². The van der Waals surface area contributed by atoms with Crippen LogP contribution in [0.5, 0.6) is 0 Å². The van der Waals surface area contributed by atoms with Gasteiger partial charge < -0.3 is 5.11 Å². The molecule has 152 valence electrons. The van der Waals surface area contributed by atoms with Gasteiger partial charge in [0.05, 0.1) is 11.4 Å². The Morgan fingerprint density at radius 2 is 1.71 bits per heavy atom. The minimum Gasteiger partial charge on any atom is -0.481 e. The van der Waals surface area contributed by atoms with Crippen LogP contribution in [0.3, 0.4) is 0 Å². The number of carbonyl (C=O) groups is 1. The maximum Gasteiger partial charge on any atom is 0.307 e. The minimum absolute atomic E-state index is 0.0169. The molecule has 2 heterocycles. The molecular weight excluding hydrogens is 392 g/mol. The van der Waals surface area contributed by atoms with Gasteiger partial charge in [0.2, 0.25) is 0 Å². The highest BCUT2D eigenvalue weighted by atomic mass is 16.4. The Balaban J connectivity index is 1.69. The van der Waals surface area contributed by atoms with Gasteiger partial charge in [-0.2, -0.15) is 14.6 Å². The van der Waals surface area contributed by atoms with E-state index in [1.54, 1.807) is 4.52 Å². The number of benzene rings is 2. The molecule has 1 N–H and O–H groups in total. The van der Waals surface area contributed by atoms with Crippen molar-refractivity contribution in [3.8, 4) is 11.3 Å². The van der Waals surface area contributed by atoms with Crippen LogP contribution in [0.15, 0.2) is 71.5 Å². The molecule has 2 aromatic heterocycles. The van der Waals surface area contributed by atoms with E-state index in [-0.39, 0.29) is 23.4 Å². The Morgan fingerprint density at radius 3 is 2.52 bits per heavy atom. The SMILES string of the molecule is O=C(O)[C@@H]1[C@H](c2nc3ccccc3c3nc(=O)c(-c4ccccc4)nn23)[C@H]2C=C[C@H]1C2. The van der Waals surface area contributed by atoms with Crippen molar-refractivity contribution in [1.29, 1.82) is 0 Å². The molecule has 1 fully saturated rings. The highest BCUT2D eigenvalue weighted by molar-refractivity contribution is 5.91. The van der Waals surface area contributed by atoms with Crippen molar-refractivity contribution in [2.45, 2.75) is 12.3 Å². The van der Waals surface area contributed by atoms with Gasteiger partial charge in [0.1, 0.15) is 5.82 Å². The molecule has 2 aliphatic rings. The lowest BCUT2D eigenvalue weighted by Gasteiger charge is -2.25. The standard InChI is InChI=1S/C24H18N4O3/c29-23-20(13-6-2-1-3-7-13)27-28-21(26-23)16-8-4-5-9-17(16)25-22(28)18-14-10-11-15(12-14)19(18)24(30)31/h1-11,14-15,18-19H,12H2,(H,30,31)/t14-,15-,18+,19-/m0/s1. The zero-order chi connectivity index (χ0) is 21.1. The number of allylic oxidation sites excluding steroid dienone is 2. The fourth-order valence-corrected chi connectivity index (χ4v) is 5.16. The Labute approximate surface area is 176 Å². The van der Waals surface area contributed by atoms with Crippen LogP contribution in [0, 0.1) is 17.8 Å². The van der Waals surface area contributed by atoms with E-state index >= 15 is 0 Å². The van der Waals surface area contributed by atoms with Gasteiger partial charge in [-0.15, -0.1) is 0 Å². The van der Waals surface area contributed by atoms with Crippen molar-refractivity contribution >= 4 is 22.5 Å². The van der Waals surface area contributed by atoms with Gasteiger partial charge in [0.15, 0.2) is 11.3 Å². The molecule has 4 atom stereocenters. The number of rotatable bonds is 3. The average Bonchev–Trinajstić information content (AvgIpc) is 3.40. The van der Waals surface area contributed by atoms with Gasteiger partial charge in [0, 0.05) is 16.9 Å². The number of carboxylic acids is 1. The largest absolute Gasteiger partial charge is 0.481 e. The molecule has 2 aromatic carbocycles. The molecule has 0 saturated heterocycles. The number of hydrogen-bond donors (Lipinski definition) is 1. The Kier molecular flexibility index (Phi) is 3.80. The lowest BCUT2D eigenvalue weighted by molar-refractivity contribution is -0.143. The monoisotopic (exact) mass is 410 g/mol. The topological polar surface area (TPSA) is 97.5 Å². The second-order valence-electron chi connectivity index (χ2n) is 8.19. The van der Waals surface area contributed by atoms with Crippen LogP contribution in [0.4, 0.5) is 0 Å². The molecule has 2 aliphatic carbocycles. The smallest absolute Gasteiger partial charge is 0.307 e. The molecule has 0 aliphatic heterocycles. The molecule has 31 heavy (non-hydrogen) atoms. The quantitative estimate of drug-likeness (QED) is 0.411. The third kappa shape index (κ3) is 2.63. The summed E-state index contributed by atoms with van der Waals surface area (Å²) in [5.74, 6) is -1.14. The second-order valence-corrected chi connectivity index (χ2v) is 8.19. The summed E-state index contributed by atoms with van der Waals surface area (Å²) in [5, 5.41) is 15.4. The van der Waals surface area contributed by atoms with Gasteiger partial charge in [-0.1, -0.05) is 54.6 Å². The normalized spacial score (nSPS) is 24.3. The highest BCUT2D eigenvalue weighted by Gasteiger charge is 2.50. The first-order valence-corrected chi connectivity index (χ1v) is 10.3. The van der Waals surface area contributed by atoms with Gasteiger partial charge in [-0.05, 0) is 30.4 Å². The van der Waals surface area contributed by atoms with Crippen molar-refractivity contribution < 1.29 is 9.90 Å².